The SMILES string of the molecule is C=C(Cl)/C=C1/C(=O)N(c2ccc(C(C)C(=O)OC(C)(C)C)cc2)C/C1=C/CC. The molecule has 2 rings (SSSR count). The summed E-state index contributed by atoms with van der Waals surface area (Å²) in [6.07, 6.45) is 4.47. The molecule has 1 aromatic rings. The lowest BCUT2D eigenvalue weighted by Crippen LogP contribution is -2.27. The molecule has 0 aliphatic carbocycles. The number of halogens is 1. The number of nitrogens with zero attached hydrogens (tertiary/aromatic N) is 1. The Balaban J connectivity index is 2.23. The van der Waals surface area contributed by atoms with Gasteiger partial charge in [-0.1, -0.05) is 43.3 Å². The second-order valence-corrected chi connectivity index (χ2v) is 8.37. The van der Waals surface area contributed by atoms with Crippen LogP contribution >= 0.6 is 11.6 Å². The molecule has 1 unspecified atom stereocenters. The molecule has 1 heterocycles. The van der Waals surface area contributed by atoms with E-state index in [4.69, 9.17) is 16.3 Å². The van der Waals surface area contributed by atoms with Gasteiger partial charge in [-0.25, -0.2) is 0 Å². The number of allylic oxidation sites excluding steroid dienone is 3. The smallest absolute Gasteiger partial charge is 0.313 e. The quantitative estimate of drug-likeness (QED) is 0.483. The fourth-order valence-electron chi connectivity index (χ4n) is 3.02. The van der Waals surface area contributed by atoms with Crippen molar-refractivity contribution in [1.29, 1.82) is 0 Å². The third kappa shape index (κ3) is 5.35. The first-order valence-corrected chi connectivity index (χ1v) is 9.81. The standard InChI is InChI=1S/C23H28ClNO3/c1-7-8-18-14-25(21(26)20(18)13-15(2)24)19-11-9-17(10-12-19)16(3)22(27)28-23(4,5)6/h8-13,16H,2,7,14H2,1,3-6H3/b18-8-,20-13+. The Morgan fingerprint density at radius 1 is 1.32 bits per heavy atom. The molecule has 1 saturated heterocycles. The van der Waals surface area contributed by atoms with Gasteiger partial charge in [0.15, 0.2) is 0 Å². The molecular weight excluding hydrogens is 374 g/mol. The van der Waals surface area contributed by atoms with Crippen LogP contribution in [0.25, 0.3) is 0 Å². The summed E-state index contributed by atoms with van der Waals surface area (Å²) < 4.78 is 5.45. The molecule has 28 heavy (non-hydrogen) atoms. The summed E-state index contributed by atoms with van der Waals surface area (Å²) in [6.45, 7) is 13.5. The van der Waals surface area contributed by atoms with Crippen LogP contribution in [-0.4, -0.2) is 24.0 Å². The number of hydrogen-bond acceptors (Lipinski definition) is 3. The third-order valence-corrected chi connectivity index (χ3v) is 4.48. The summed E-state index contributed by atoms with van der Waals surface area (Å²) in [4.78, 5) is 26.8. The number of amides is 1. The molecule has 0 N–H and O–H groups in total. The number of ether oxygens (including phenoxy) is 1. The van der Waals surface area contributed by atoms with E-state index in [1.165, 1.54) is 0 Å². The van der Waals surface area contributed by atoms with Crippen LogP contribution in [-0.2, 0) is 14.3 Å². The number of carbonyl (C=O) groups is 2. The highest BCUT2D eigenvalue weighted by Gasteiger charge is 2.31. The molecule has 0 aromatic heterocycles. The Morgan fingerprint density at radius 2 is 1.93 bits per heavy atom. The Kier molecular flexibility index (Phi) is 6.89. The predicted molar refractivity (Wildman–Crippen MR) is 115 cm³/mol. The van der Waals surface area contributed by atoms with Gasteiger partial charge in [0.25, 0.3) is 5.91 Å². The third-order valence-electron chi connectivity index (χ3n) is 4.37. The maximum absolute atomic E-state index is 12.9. The molecule has 0 radical (unpaired) electrons. The van der Waals surface area contributed by atoms with Gasteiger partial charge in [-0.2, -0.15) is 0 Å². The van der Waals surface area contributed by atoms with Gasteiger partial charge < -0.3 is 9.64 Å². The van der Waals surface area contributed by atoms with Gasteiger partial charge in [0.2, 0.25) is 0 Å². The van der Waals surface area contributed by atoms with Crippen LogP contribution in [0.4, 0.5) is 5.69 Å². The molecule has 0 bridgehead atoms. The van der Waals surface area contributed by atoms with Crippen molar-refractivity contribution in [1.82, 2.24) is 0 Å². The molecule has 0 saturated carbocycles. The van der Waals surface area contributed by atoms with E-state index < -0.39 is 5.60 Å². The number of esters is 1. The average Bonchev–Trinajstić information content (AvgIpc) is 2.89. The maximum atomic E-state index is 12.9. The van der Waals surface area contributed by atoms with Gasteiger partial charge >= 0.3 is 5.97 Å². The topological polar surface area (TPSA) is 46.6 Å². The van der Waals surface area contributed by atoms with Crippen LogP contribution in [0.15, 0.2) is 59.2 Å². The van der Waals surface area contributed by atoms with E-state index in [1.54, 1.807) is 11.0 Å². The van der Waals surface area contributed by atoms with Crippen molar-refractivity contribution in [2.75, 3.05) is 11.4 Å². The van der Waals surface area contributed by atoms with E-state index in [2.05, 4.69) is 6.58 Å². The van der Waals surface area contributed by atoms with Crippen molar-refractivity contribution in [2.45, 2.75) is 52.6 Å². The van der Waals surface area contributed by atoms with Gasteiger partial charge in [-0.3, -0.25) is 9.59 Å². The zero-order chi connectivity index (χ0) is 21.1. The Morgan fingerprint density at radius 3 is 2.43 bits per heavy atom. The van der Waals surface area contributed by atoms with E-state index in [9.17, 15) is 9.59 Å². The van der Waals surface area contributed by atoms with Gasteiger partial charge in [-0.15, -0.1) is 0 Å². The molecule has 1 aliphatic rings. The van der Waals surface area contributed by atoms with Crippen molar-refractivity contribution in [2.24, 2.45) is 0 Å². The van der Waals surface area contributed by atoms with Crippen LogP contribution in [0.5, 0.6) is 0 Å². The fourth-order valence-corrected chi connectivity index (χ4v) is 3.13. The zero-order valence-corrected chi connectivity index (χ0v) is 18.0. The second-order valence-electron chi connectivity index (χ2n) is 7.88. The predicted octanol–water partition coefficient (Wildman–Crippen LogP) is 5.49. The molecule has 5 heteroatoms. The first kappa shape index (κ1) is 22.0. The highest BCUT2D eigenvalue weighted by molar-refractivity contribution is 6.31. The molecule has 1 fully saturated rings. The summed E-state index contributed by atoms with van der Waals surface area (Å²) in [7, 11) is 0. The summed E-state index contributed by atoms with van der Waals surface area (Å²) in [5.41, 5.74) is 2.62. The first-order valence-electron chi connectivity index (χ1n) is 9.43. The van der Waals surface area contributed by atoms with E-state index in [0.29, 0.717) is 17.2 Å². The summed E-state index contributed by atoms with van der Waals surface area (Å²) >= 11 is 5.90. The van der Waals surface area contributed by atoms with E-state index in [0.717, 1.165) is 23.2 Å². The molecule has 150 valence electrons. The van der Waals surface area contributed by atoms with Gasteiger partial charge in [-0.05, 0) is 63.5 Å². The second kappa shape index (κ2) is 8.78. The highest BCUT2D eigenvalue weighted by Crippen LogP contribution is 2.31. The van der Waals surface area contributed by atoms with Crippen LogP contribution in [0.2, 0.25) is 0 Å². The maximum Gasteiger partial charge on any atom is 0.313 e. The van der Waals surface area contributed by atoms with Crippen LogP contribution < -0.4 is 4.90 Å². The minimum atomic E-state index is -0.523. The average molecular weight is 402 g/mol. The molecule has 1 atom stereocenters. The molecule has 1 aliphatic heterocycles. The highest BCUT2D eigenvalue weighted by atomic mass is 35.5. The lowest BCUT2D eigenvalue weighted by molar-refractivity contribution is -0.156. The minimum Gasteiger partial charge on any atom is -0.460 e. The van der Waals surface area contributed by atoms with Crippen molar-refractivity contribution in [3.05, 3.63) is 64.7 Å². The summed E-state index contributed by atoms with van der Waals surface area (Å²) in [5, 5.41) is 0.328. The molecule has 4 nitrogen and oxygen atoms in total. The zero-order valence-electron chi connectivity index (χ0n) is 17.2. The van der Waals surface area contributed by atoms with Crippen molar-refractivity contribution < 1.29 is 14.3 Å². The van der Waals surface area contributed by atoms with Crippen molar-refractivity contribution in [3.8, 4) is 0 Å². The number of benzene rings is 1. The lowest BCUT2D eigenvalue weighted by Gasteiger charge is -2.23. The normalized spacial score (nSPS) is 18.6. The Bertz CT molecular complexity index is 828. The minimum absolute atomic E-state index is 0.102. The van der Waals surface area contributed by atoms with Crippen molar-refractivity contribution in [3.63, 3.8) is 0 Å². The number of anilines is 1. The molecule has 0 spiro atoms. The van der Waals surface area contributed by atoms with Gasteiger partial charge in [0, 0.05) is 16.3 Å². The largest absolute Gasteiger partial charge is 0.460 e. The van der Waals surface area contributed by atoms with E-state index >= 15 is 0 Å². The Hall–Kier alpha value is -2.33. The summed E-state index contributed by atoms with van der Waals surface area (Å²) in [6, 6.07) is 7.44. The van der Waals surface area contributed by atoms with Gasteiger partial charge in [0.05, 0.1) is 12.5 Å². The van der Waals surface area contributed by atoms with Gasteiger partial charge in [0.1, 0.15) is 5.60 Å². The molecule has 1 amide bonds. The summed E-state index contributed by atoms with van der Waals surface area (Å²) in [5.74, 6) is -0.751. The number of hydrogen-bond donors (Lipinski definition) is 0. The number of carbonyl (C=O) groups excluding carboxylic acids is 2. The van der Waals surface area contributed by atoms with Crippen LogP contribution in [0.1, 0.15) is 52.5 Å². The monoisotopic (exact) mass is 401 g/mol. The van der Waals surface area contributed by atoms with E-state index in [1.807, 2.05) is 65.0 Å². The first-order chi connectivity index (χ1) is 13.0. The Labute approximate surface area is 172 Å². The lowest BCUT2D eigenvalue weighted by atomic mass is 10.0. The fraction of sp³-hybridized carbons (Fsp3) is 0.391. The van der Waals surface area contributed by atoms with Crippen molar-refractivity contribution >= 4 is 29.2 Å². The van der Waals surface area contributed by atoms with Crippen LogP contribution in [0, 0.1) is 0 Å². The number of rotatable bonds is 5. The molecule has 1 aromatic carbocycles. The van der Waals surface area contributed by atoms with E-state index in [-0.39, 0.29) is 17.8 Å². The molecular formula is C23H28ClNO3. The van der Waals surface area contributed by atoms with Crippen LogP contribution in [0.3, 0.4) is 0 Å².